The second kappa shape index (κ2) is 5.79. The SMILES string of the molecule is COc1cc(CNC2CCS(=O)(=O)C2)cc(OC)c1. The lowest BCUT2D eigenvalue weighted by Gasteiger charge is -2.12. The third-order valence-corrected chi connectivity index (χ3v) is 5.01. The molecule has 6 heteroatoms. The third-order valence-electron chi connectivity index (χ3n) is 3.24. The van der Waals surface area contributed by atoms with Gasteiger partial charge in [-0.1, -0.05) is 0 Å². The van der Waals surface area contributed by atoms with Crippen LogP contribution in [0.4, 0.5) is 0 Å². The quantitative estimate of drug-likeness (QED) is 0.873. The molecule has 1 heterocycles. The Bertz CT molecular complexity index is 519. The van der Waals surface area contributed by atoms with Crippen molar-refractivity contribution in [3.05, 3.63) is 23.8 Å². The molecule has 1 aliphatic heterocycles. The minimum absolute atomic E-state index is 0.0437. The van der Waals surface area contributed by atoms with Crippen molar-refractivity contribution in [2.24, 2.45) is 0 Å². The number of rotatable bonds is 5. The normalized spacial score (nSPS) is 21.3. The zero-order valence-corrected chi connectivity index (χ0v) is 12.0. The molecular formula is C13H19NO4S. The molecule has 5 nitrogen and oxygen atoms in total. The van der Waals surface area contributed by atoms with Crippen molar-refractivity contribution in [2.45, 2.75) is 19.0 Å². The van der Waals surface area contributed by atoms with Crippen molar-refractivity contribution in [3.8, 4) is 11.5 Å². The summed E-state index contributed by atoms with van der Waals surface area (Å²) >= 11 is 0. The van der Waals surface area contributed by atoms with E-state index >= 15 is 0 Å². The zero-order valence-electron chi connectivity index (χ0n) is 11.2. The van der Waals surface area contributed by atoms with Crippen LogP contribution in [-0.2, 0) is 16.4 Å². The van der Waals surface area contributed by atoms with Crippen LogP contribution in [0.3, 0.4) is 0 Å². The van der Waals surface area contributed by atoms with Crippen molar-refractivity contribution in [3.63, 3.8) is 0 Å². The van der Waals surface area contributed by atoms with E-state index in [0.717, 1.165) is 17.1 Å². The van der Waals surface area contributed by atoms with Crippen LogP contribution in [0.15, 0.2) is 18.2 Å². The van der Waals surface area contributed by atoms with Gasteiger partial charge >= 0.3 is 0 Å². The highest BCUT2D eigenvalue weighted by atomic mass is 32.2. The van der Waals surface area contributed by atoms with E-state index in [1.807, 2.05) is 18.2 Å². The first-order chi connectivity index (χ1) is 9.02. The summed E-state index contributed by atoms with van der Waals surface area (Å²) in [6.07, 6.45) is 0.684. The molecule has 0 radical (unpaired) electrons. The lowest BCUT2D eigenvalue weighted by molar-refractivity contribution is 0.392. The fraction of sp³-hybridized carbons (Fsp3) is 0.538. The first-order valence-corrected chi connectivity index (χ1v) is 8.00. The lowest BCUT2D eigenvalue weighted by atomic mass is 10.1. The monoisotopic (exact) mass is 285 g/mol. The van der Waals surface area contributed by atoms with Crippen LogP contribution >= 0.6 is 0 Å². The molecule has 0 amide bonds. The predicted molar refractivity (Wildman–Crippen MR) is 73.4 cm³/mol. The van der Waals surface area contributed by atoms with E-state index in [2.05, 4.69) is 5.32 Å². The molecular weight excluding hydrogens is 266 g/mol. The molecule has 0 spiro atoms. The van der Waals surface area contributed by atoms with Gasteiger partial charge in [-0.3, -0.25) is 0 Å². The molecule has 0 saturated carbocycles. The number of nitrogens with one attached hydrogen (secondary N) is 1. The molecule has 1 N–H and O–H groups in total. The maximum atomic E-state index is 11.4. The van der Waals surface area contributed by atoms with Gasteiger partial charge in [-0.2, -0.15) is 0 Å². The number of sulfone groups is 1. The summed E-state index contributed by atoms with van der Waals surface area (Å²) in [7, 11) is 0.376. The van der Waals surface area contributed by atoms with Gasteiger partial charge in [0, 0.05) is 18.7 Å². The van der Waals surface area contributed by atoms with E-state index in [4.69, 9.17) is 9.47 Å². The van der Waals surface area contributed by atoms with E-state index in [9.17, 15) is 8.42 Å². The highest BCUT2D eigenvalue weighted by Crippen LogP contribution is 2.22. The Balaban J connectivity index is 1.99. The van der Waals surface area contributed by atoms with Gasteiger partial charge < -0.3 is 14.8 Å². The summed E-state index contributed by atoms with van der Waals surface area (Å²) in [5, 5.41) is 3.27. The molecule has 0 aliphatic carbocycles. The largest absolute Gasteiger partial charge is 0.497 e. The maximum absolute atomic E-state index is 11.4. The zero-order chi connectivity index (χ0) is 13.9. The molecule has 0 bridgehead atoms. The summed E-state index contributed by atoms with van der Waals surface area (Å²) in [6.45, 7) is 0.605. The van der Waals surface area contributed by atoms with E-state index in [0.29, 0.717) is 13.0 Å². The van der Waals surface area contributed by atoms with E-state index < -0.39 is 9.84 Å². The molecule has 1 aromatic carbocycles. The standard InChI is InChI=1S/C13H19NO4S/c1-17-12-5-10(6-13(7-12)18-2)8-14-11-3-4-19(15,16)9-11/h5-7,11,14H,3-4,8-9H2,1-2H3. The van der Waals surface area contributed by atoms with Crippen LogP contribution in [0.2, 0.25) is 0 Å². The predicted octanol–water partition coefficient (Wildman–Crippen LogP) is 0.980. The number of hydrogen-bond donors (Lipinski definition) is 1. The minimum atomic E-state index is -2.84. The van der Waals surface area contributed by atoms with Crippen LogP contribution in [-0.4, -0.2) is 40.2 Å². The fourth-order valence-electron chi connectivity index (χ4n) is 2.19. The second-order valence-electron chi connectivity index (χ2n) is 4.70. The van der Waals surface area contributed by atoms with Gasteiger partial charge in [0.25, 0.3) is 0 Å². The molecule has 2 rings (SSSR count). The summed E-state index contributed by atoms with van der Waals surface area (Å²) in [6, 6.07) is 5.68. The topological polar surface area (TPSA) is 64.6 Å². The van der Waals surface area contributed by atoms with Gasteiger partial charge in [-0.15, -0.1) is 0 Å². The van der Waals surface area contributed by atoms with Gasteiger partial charge in [-0.05, 0) is 24.1 Å². The fourth-order valence-corrected chi connectivity index (χ4v) is 3.89. The summed E-state index contributed by atoms with van der Waals surface area (Å²) < 4.78 is 33.1. The Morgan fingerprint density at radius 3 is 2.32 bits per heavy atom. The molecule has 1 saturated heterocycles. The Hall–Kier alpha value is -1.27. The number of ether oxygens (including phenoxy) is 2. The van der Waals surface area contributed by atoms with Crippen molar-refractivity contribution in [1.29, 1.82) is 0 Å². The van der Waals surface area contributed by atoms with Crippen LogP contribution in [0, 0.1) is 0 Å². The average Bonchev–Trinajstić information content (AvgIpc) is 2.75. The van der Waals surface area contributed by atoms with Gasteiger partial charge in [0.1, 0.15) is 11.5 Å². The first-order valence-electron chi connectivity index (χ1n) is 6.18. The van der Waals surface area contributed by atoms with Crippen LogP contribution in [0.1, 0.15) is 12.0 Å². The maximum Gasteiger partial charge on any atom is 0.151 e. The molecule has 1 aliphatic rings. The molecule has 19 heavy (non-hydrogen) atoms. The summed E-state index contributed by atoms with van der Waals surface area (Å²) in [5.41, 5.74) is 1.01. The Kier molecular flexibility index (Phi) is 4.31. The van der Waals surface area contributed by atoms with Crippen LogP contribution in [0.5, 0.6) is 11.5 Å². The molecule has 106 valence electrons. The Morgan fingerprint density at radius 1 is 1.21 bits per heavy atom. The van der Waals surface area contributed by atoms with Crippen molar-refractivity contribution in [1.82, 2.24) is 5.32 Å². The third kappa shape index (κ3) is 3.84. The molecule has 1 aromatic rings. The molecule has 0 aromatic heterocycles. The smallest absolute Gasteiger partial charge is 0.151 e. The van der Waals surface area contributed by atoms with Crippen LogP contribution < -0.4 is 14.8 Å². The van der Waals surface area contributed by atoms with Gasteiger partial charge in [0.15, 0.2) is 9.84 Å². The molecule has 1 unspecified atom stereocenters. The van der Waals surface area contributed by atoms with Crippen molar-refractivity contribution in [2.75, 3.05) is 25.7 Å². The van der Waals surface area contributed by atoms with Gasteiger partial charge in [0.05, 0.1) is 25.7 Å². The lowest BCUT2D eigenvalue weighted by Crippen LogP contribution is -2.29. The second-order valence-corrected chi connectivity index (χ2v) is 6.93. The van der Waals surface area contributed by atoms with E-state index in [-0.39, 0.29) is 17.5 Å². The highest BCUT2D eigenvalue weighted by Gasteiger charge is 2.27. The minimum Gasteiger partial charge on any atom is -0.497 e. The van der Waals surface area contributed by atoms with E-state index in [1.54, 1.807) is 14.2 Å². The number of benzene rings is 1. The molecule has 1 fully saturated rings. The first kappa shape index (κ1) is 14.1. The van der Waals surface area contributed by atoms with Crippen LogP contribution in [0.25, 0.3) is 0 Å². The summed E-state index contributed by atoms with van der Waals surface area (Å²) in [5.74, 6) is 1.98. The number of methoxy groups -OCH3 is 2. The Morgan fingerprint density at radius 2 is 1.84 bits per heavy atom. The average molecular weight is 285 g/mol. The number of hydrogen-bond acceptors (Lipinski definition) is 5. The van der Waals surface area contributed by atoms with Crippen molar-refractivity contribution >= 4 is 9.84 Å². The van der Waals surface area contributed by atoms with Gasteiger partial charge in [-0.25, -0.2) is 8.42 Å². The Labute approximate surface area is 113 Å². The highest BCUT2D eigenvalue weighted by molar-refractivity contribution is 7.91. The van der Waals surface area contributed by atoms with Crippen molar-refractivity contribution < 1.29 is 17.9 Å². The van der Waals surface area contributed by atoms with E-state index in [1.165, 1.54) is 0 Å². The molecule has 1 atom stereocenters. The summed E-state index contributed by atoms with van der Waals surface area (Å²) in [4.78, 5) is 0. The van der Waals surface area contributed by atoms with Gasteiger partial charge in [0.2, 0.25) is 0 Å².